The van der Waals surface area contributed by atoms with Gasteiger partial charge in [0.15, 0.2) is 11.0 Å². The molecule has 0 aliphatic carbocycles. The zero-order valence-corrected chi connectivity index (χ0v) is 15.3. The van der Waals surface area contributed by atoms with Crippen molar-refractivity contribution in [2.45, 2.75) is 17.8 Å². The second kappa shape index (κ2) is 7.13. The van der Waals surface area contributed by atoms with Crippen molar-refractivity contribution < 1.29 is 4.42 Å². The molecule has 0 spiro atoms. The molecule has 2 heterocycles. The molecule has 0 saturated heterocycles. The first kappa shape index (κ1) is 16.5. The largest absolute Gasteiger partial charge is 0.420 e. The van der Waals surface area contributed by atoms with Gasteiger partial charge in [0, 0.05) is 18.2 Å². The lowest BCUT2D eigenvalue weighted by atomic mass is 10.1. The van der Waals surface area contributed by atoms with Gasteiger partial charge in [-0.05, 0) is 24.6 Å². The Balaban J connectivity index is 1.50. The van der Waals surface area contributed by atoms with Gasteiger partial charge in [-0.1, -0.05) is 54.2 Å². The van der Waals surface area contributed by atoms with Crippen molar-refractivity contribution in [2.24, 2.45) is 7.05 Å². The Morgan fingerprint density at radius 1 is 0.923 bits per heavy atom. The van der Waals surface area contributed by atoms with Crippen molar-refractivity contribution in [1.29, 1.82) is 0 Å². The van der Waals surface area contributed by atoms with E-state index < -0.39 is 0 Å². The molecular formula is C19H17N5OS. The van der Waals surface area contributed by atoms with Gasteiger partial charge in [0.05, 0.1) is 5.75 Å². The summed E-state index contributed by atoms with van der Waals surface area (Å²) in [4.78, 5) is 0. The minimum atomic E-state index is 0.528. The van der Waals surface area contributed by atoms with Crippen molar-refractivity contribution >= 4 is 11.8 Å². The van der Waals surface area contributed by atoms with Crippen molar-refractivity contribution in [3.05, 3.63) is 66.1 Å². The van der Waals surface area contributed by atoms with E-state index in [4.69, 9.17) is 4.42 Å². The summed E-state index contributed by atoms with van der Waals surface area (Å²) in [7, 11) is 1.97. The summed E-state index contributed by atoms with van der Waals surface area (Å²) < 4.78 is 7.73. The molecule has 0 amide bonds. The van der Waals surface area contributed by atoms with Crippen LogP contribution in [0.5, 0.6) is 0 Å². The lowest BCUT2D eigenvalue weighted by molar-refractivity contribution is 0.528. The van der Waals surface area contributed by atoms with E-state index in [1.54, 1.807) is 0 Å². The average Bonchev–Trinajstić information content (AvgIpc) is 3.28. The molecular weight excluding hydrogens is 346 g/mol. The standard InChI is InChI=1S/C19H17N5OS/c1-13-8-6-7-11-15(13)17-21-23-19(24(17)2)26-12-16-20-22-18(25-16)14-9-4-3-5-10-14/h3-11H,12H2,1-2H3. The van der Waals surface area contributed by atoms with E-state index in [2.05, 4.69) is 39.5 Å². The molecule has 7 heteroatoms. The average molecular weight is 363 g/mol. The Morgan fingerprint density at radius 2 is 1.69 bits per heavy atom. The van der Waals surface area contributed by atoms with Crippen LogP contribution in [-0.2, 0) is 12.8 Å². The normalized spacial score (nSPS) is 11.0. The highest BCUT2D eigenvalue weighted by molar-refractivity contribution is 7.98. The first-order valence-corrected chi connectivity index (χ1v) is 9.17. The Hall–Kier alpha value is -2.93. The number of hydrogen-bond donors (Lipinski definition) is 0. The summed E-state index contributed by atoms with van der Waals surface area (Å²) in [6.45, 7) is 2.07. The molecule has 0 bridgehead atoms. The highest BCUT2D eigenvalue weighted by atomic mass is 32.2. The Bertz CT molecular complexity index is 1030. The van der Waals surface area contributed by atoms with E-state index in [1.807, 2.05) is 54.1 Å². The van der Waals surface area contributed by atoms with Gasteiger partial charge in [0.25, 0.3) is 0 Å². The van der Waals surface area contributed by atoms with Gasteiger partial charge < -0.3 is 8.98 Å². The molecule has 0 radical (unpaired) electrons. The molecule has 0 aliphatic rings. The van der Waals surface area contributed by atoms with Crippen LogP contribution in [0.15, 0.2) is 64.2 Å². The highest BCUT2D eigenvalue weighted by Crippen LogP contribution is 2.27. The number of benzene rings is 2. The minimum Gasteiger partial charge on any atom is -0.420 e. The summed E-state index contributed by atoms with van der Waals surface area (Å²) in [5.74, 6) is 2.48. The highest BCUT2D eigenvalue weighted by Gasteiger charge is 2.15. The molecule has 4 rings (SSSR count). The Kier molecular flexibility index (Phi) is 4.53. The molecule has 0 N–H and O–H groups in total. The summed E-state index contributed by atoms with van der Waals surface area (Å²) in [5.41, 5.74) is 3.17. The molecule has 0 unspecified atom stereocenters. The summed E-state index contributed by atoms with van der Waals surface area (Å²) in [6, 6.07) is 17.9. The zero-order chi connectivity index (χ0) is 17.9. The lowest BCUT2D eigenvalue weighted by Crippen LogP contribution is -1.96. The quantitative estimate of drug-likeness (QED) is 0.497. The van der Waals surface area contributed by atoms with Gasteiger partial charge in [0.1, 0.15) is 0 Å². The maximum absolute atomic E-state index is 5.74. The molecule has 0 saturated carbocycles. The Morgan fingerprint density at radius 3 is 2.50 bits per heavy atom. The maximum atomic E-state index is 5.74. The molecule has 2 aromatic carbocycles. The smallest absolute Gasteiger partial charge is 0.247 e. The zero-order valence-electron chi connectivity index (χ0n) is 14.5. The van der Waals surface area contributed by atoms with E-state index in [0.29, 0.717) is 17.5 Å². The van der Waals surface area contributed by atoms with E-state index in [1.165, 1.54) is 17.3 Å². The SMILES string of the molecule is Cc1ccccc1-c1nnc(SCc2nnc(-c3ccccc3)o2)n1C. The third-order valence-electron chi connectivity index (χ3n) is 4.03. The topological polar surface area (TPSA) is 69.6 Å². The second-order valence-electron chi connectivity index (χ2n) is 5.84. The molecule has 0 atom stereocenters. The summed E-state index contributed by atoms with van der Waals surface area (Å²) in [5, 5.41) is 17.7. The molecule has 2 aromatic heterocycles. The van der Waals surface area contributed by atoms with Crippen LogP contribution in [0.1, 0.15) is 11.5 Å². The van der Waals surface area contributed by atoms with Crippen molar-refractivity contribution in [1.82, 2.24) is 25.0 Å². The maximum Gasteiger partial charge on any atom is 0.247 e. The van der Waals surface area contributed by atoms with E-state index in [0.717, 1.165) is 22.1 Å². The first-order chi connectivity index (χ1) is 12.7. The van der Waals surface area contributed by atoms with E-state index in [9.17, 15) is 0 Å². The number of aryl methyl sites for hydroxylation is 1. The molecule has 0 fully saturated rings. The monoisotopic (exact) mass is 363 g/mol. The van der Waals surface area contributed by atoms with Crippen LogP contribution in [0.2, 0.25) is 0 Å². The third kappa shape index (κ3) is 3.25. The third-order valence-corrected chi connectivity index (χ3v) is 5.04. The van der Waals surface area contributed by atoms with Crippen LogP contribution in [0.3, 0.4) is 0 Å². The molecule has 0 aliphatic heterocycles. The summed E-state index contributed by atoms with van der Waals surface area (Å²) >= 11 is 1.52. The fourth-order valence-electron chi connectivity index (χ4n) is 2.63. The first-order valence-electron chi connectivity index (χ1n) is 8.18. The van der Waals surface area contributed by atoms with E-state index >= 15 is 0 Å². The van der Waals surface area contributed by atoms with Crippen molar-refractivity contribution in [3.8, 4) is 22.8 Å². The van der Waals surface area contributed by atoms with Gasteiger partial charge in [-0.2, -0.15) is 0 Å². The predicted octanol–water partition coefficient (Wildman–Crippen LogP) is 4.13. The van der Waals surface area contributed by atoms with Gasteiger partial charge in [0.2, 0.25) is 11.8 Å². The van der Waals surface area contributed by atoms with Crippen molar-refractivity contribution in [3.63, 3.8) is 0 Å². The number of nitrogens with zero attached hydrogens (tertiary/aromatic N) is 5. The number of hydrogen-bond acceptors (Lipinski definition) is 6. The predicted molar refractivity (Wildman–Crippen MR) is 100 cm³/mol. The van der Waals surface area contributed by atoms with E-state index in [-0.39, 0.29) is 0 Å². The van der Waals surface area contributed by atoms with Crippen LogP contribution >= 0.6 is 11.8 Å². The van der Waals surface area contributed by atoms with Gasteiger partial charge >= 0.3 is 0 Å². The van der Waals surface area contributed by atoms with Crippen LogP contribution < -0.4 is 0 Å². The minimum absolute atomic E-state index is 0.528. The number of thioether (sulfide) groups is 1. The van der Waals surface area contributed by atoms with Crippen LogP contribution in [0.4, 0.5) is 0 Å². The molecule has 4 aromatic rings. The van der Waals surface area contributed by atoms with Gasteiger partial charge in [-0.3, -0.25) is 0 Å². The number of aromatic nitrogens is 5. The van der Waals surface area contributed by atoms with Crippen molar-refractivity contribution in [2.75, 3.05) is 0 Å². The molecule has 26 heavy (non-hydrogen) atoms. The fourth-order valence-corrected chi connectivity index (χ4v) is 3.38. The molecule has 6 nitrogen and oxygen atoms in total. The lowest BCUT2D eigenvalue weighted by Gasteiger charge is -2.05. The Labute approximate surface area is 155 Å². The van der Waals surface area contributed by atoms with Gasteiger partial charge in [-0.15, -0.1) is 20.4 Å². The van der Waals surface area contributed by atoms with Crippen LogP contribution in [-0.4, -0.2) is 25.0 Å². The molecule has 130 valence electrons. The fraction of sp³-hybridized carbons (Fsp3) is 0.158. The van der Waals surface area contributed by atoms with Gasteiger partial charge in [-0.25, -0.2) is 0 Å². The second-order valence-corrected chi connectivity index (χ2v) is 6.78. The van der Waals surface area contributed by atoms with Crippen LogP contribution in [0, 0.1) is 6.92 Å². The summed E-state index contributed by atoms with van der Waals surface area (Å²) in [6.07, 6.45) is 0. The number of rotatable bonds is 5. The van der Waals surface area contributed by atoms with Crippen LogP contribution in [0.25, 0.3) is 22.8 Å².